The average molecular weight is 480 g/mol. The van der Waals surface area contributed by atoms with Crippen LogP contribution in [0.1, 0.15) is 24.8 Å². The van der Waals surface area contributed by atoms with Crippen molar-refractivity contribution < 1.29 is 26.8 Å². The van der Waals surface area contributed by atoms with Gasteiger partial charge in [-0.25, -0.2) is 13.1 Å². The van der Waals surface area contributed by atoms with E-state index in [1.54, 1.807) is 18.0 Å². The van der Waals surface area contributed by atoms with Crippen molar-refractivity contribution >= 4 is 23.5 Å². The molecule has 0 spiro atoms. The van der Waals surface area contributed by atoms with Crippen molar-refractivity contribution in [2.24, 2.45) is 5.92 Å². The number of anilines is 1. The monoisotopic (exact) mass is 480 g/mol. The van der Waals surface area contributed by atoms with Crippen LogP contribution in [0.2, 0.25) is 0 Å². The van der Waals surface area contributed by atoms with E-state index in [1.807, 2.05) is 6.92 Å². The molecule has 33 heavy (non-hydrogen) atoms. The molecule has 1 saturated heterocycles. The summed E-state index contributed by atoms with van der Waals surface area (Å²) >= 11 is 1.63. The molecule has 1 aliphatic rings. The fourth-order valence-corrected chi connectivity index (χ4v) is 4.40. The molecule has 0 radical (unpaired) electrons. The summed E-state index contributed by atoms with van der Waals surface area (Å²) in [5.41, 5.74) is 0.623. The van der Waals surface area contributed by atoms with Crippen molar-refractivity contribution in [3.8, 4) is 11.5 Å². The minimum Gasteiger partial charge on any atom is -0.415 e. The minimum absolute atomic E-state index is 0.127. The lowest BCUT2D eigenvalue weighted by molar-refractivity contribution is -0.125. The van der Waals surface area contributed by atoms with Crippen molar-refractivity contribution in [1.29, 1.82) is 0 Å². The van der Waals surface area contributed by atoms with Crippen molar-refractivity contribution in [3.05, 3.63) is 65.6 Å². The second kappa shape index (κ2) is 9.92. The van der Waals surface area contributed by atoms with Crippen LogP contribution >= 0.6 is 11.9 Å². The third-order valence-electron chi connectivity index (χ3n) is 5.15. The van der Waals surface area contributed by atoms with E-state index in [0.29, 0.717) is 18.8 Å². The summed E-state index contributed by atoms with van der Waals surface area (Å²) in [5.74, 6) is -1.90. The molecule has 174 valence electrons. The van der Waals surface area contributed by atoms with Crippen LogP contribution < -0.4 is 4.90 Å². The first-order valence-corrected chi connectivity index (χ1v) is 11.1. The summed E-state index contributed by atoms with van der Waals surface area (Å²) in [6.45, 7) is 3.02. The van der Waals surface area contributed by atoms with E-state index in [9.17, 15) is 22.4 Å². The molecule has 2 aromatic carbocycles. The highest BCUT2D eigenvalue weighted by Crippen LogP contribution is 2.30. The van der Waals surface area contributed by atoms with Crippen LogP contribution in [-0.4, -0.2) is 39.3 Å². The summed E-state index contributed by atoms with van der Waals surface area (Å²) in [4.78, 5) is 14.6. The van der Waals surface area contributed by atoms with Gasteiger partial charge in [-0.1, -0.05) is 31.0 Å². The zero-order valence-electron chi connectivity index (χ0n) is 17.6. The lowest BCUT2D eigenvalue weighted by Crippen LogP contribution is -2.51. The number of nitrogens with zero attached hydrogens (tertiary/aromatic N) is 4. The smallest absolute Gasteiger partial charge is 0.314 e. The molecule has 6 nitrogen and oxygen atoms in total. The predicted octanol–water partition coefficient (Wildman–Crippen LogP) is 5.09. The van der Waals surface area contributed by atoms with Crippen molar-refractivity contribution in [2.45, 2.75) is 19.9 Å². The number of hydrogen-bond donors (Lipinski definition) is 0. The number of aromatic nitrogens is 2. The maximum Gasteiger partial charge on any atom is 0.314 e. The van der Waals surface area contributed by atoms with Gasteiger partial charge in [-0.3, -0.25) is 4.79 Å². The Hall–Kier alpha value is -2.92. The Morgan fingerprint density at radius 3 is 2.64 bits per heavy atom. The third kappa shape index (κ3) is 5.19. The first-order valence-electron chi connectivity index (χ1n) is 10.2. The van der Waals surface area contributed by atoms with E-state index in [1.165, 1.54) is 35.2 Å². The first-order chi connectivity index (χ1) is 15.9. The van der Waals surface area contributed by atoms with E-state index in [0.717, 1.165) is 11.8 Å². The molecule has 0 N–H and O–H groups in total. The largest absolute Gasteiger partial charge is 0.415 e. The third-order valence-corrected chi connectivity index (χ3v) is 6.07. The van der Waals surface area contributed by atoms with Gasteiger partial charge in [0.25, 0.3) is 5.89 Å². The zero-order chi connectivity index (χ0) is 23.5. The van der Waals surface area contributed by atoms with Crippen LogP contribution in [0, 0.1) is 17.6 Å². The Kier molecular flexibility index (Phi) is 6.99. The molecule has 1 aliphatic heterocycles. The van der Waals surface area contributed by atoms with Crippen molar-refractivity contribution in [1.82, 2.24) is 14.5 Å². The number of hydrogen-bond acceptors (Lipinski definition) is 6. The maximum absolute atomic E-state index is 14.9. The minimum atomic E-state index is -2.93. The second-order valence-corrected chi connectivity index (χ2v) is 8.77. The highest BCUT2D eigenvalue weighted by Gasteiger charge is 2.36. The van der Waals surface area contributed by atoms with Crippen LogP contribution in [-0.2, 0) is 11.3 Å². The summed E-state index contributed by atoms with van der Waals surface area (Å²) in [6, 6.07) is 9.51. The van der Waals surface area contributed by atoms with E-state index in [4.69, 9.17) is 4.42 Å². The molecule has 4 rings (SSSR count). The normalized spacial score (nSPS) is 14.5. The van der Waals surface area contributed by atoms with E-state index in [-0.39, 0.29) is 35.4 Å². The molecule has 3 aromatic rings. The van der Waals surface area contributed by atoms with Crippen LogP contribution in [0.5, 0.6) is 0 Å². The van der Waals surface area contributed by atoms with Gasteiger partial charge >= 0.3 is 6.43 Å². The number of carbonyl (C=O) groups excluding carboxylic acids is 1. The molecular weight excluding hydrogens is 460 g/mol. The summed E-state index contributed by atoms with van der Waals surface area (Å²) in [7, 11) is 0. The summed E-state index contributed by atoms with van der Waals surface area (Å²) in [5, 5.41) is 6.75. The Morgan fingerprint density at radius 2 is 2.00 bits per heavy atom. The van der Waals surface area contributed by atoms with Gasteiger partial charge in [0.2, 0.25) is 11.8 Å². The fraction of sp³-hybridized carbons (Fsp3) is 0.318. The summed E-state index contributed by atoms with van der Waals surface area (Å²) in [6.07, 6.45) is -2.93. The zero-order valence-corrected chi connectivity index (χ0v) is 18.4. The molecule has 1 amide bonds. The van der Waals surface area contributed by atoms with Gasteiger partial charge in [0.15, 0.2) is 0 Å². The first kappa shape index (κ1) is 23.2. The number of amides is 1. The highest BCUT2D eigenvalue weighted by molar-refractivity contribution is 7.97. The number of halogens is 4. The van der Waals surface area contributed by atoms with Crippen LogP contribution in [0.3, 0.4) is 0 Å². The molecule has 0 bridgehead atoms. The van der Waals surface area contributed by atoms with Gasteiger partial charge in [0.1, 0.15) is 11.6 Å². The van der Waals surface area contributed by atoms with Gasteiger partial charge in [0, 0.05) is 35.7 Å². The van der Waals surface area contributed by atoms with Crippen molar-refractivity contribution in [2.75, 3.05) is 23.7 Å². The molecule has 2 heterocycles. The van der Waals surface area contributed by atoms with E-state index in [2.05, 4.69) is 14.5 Å². The number of alkyl halides is 2. The Bertz CT molecular complexity index is 1140. The molecular formula is C22H20F4N4O2S. The average Bonchev–Trinajstić information content (AvgIpc) is 3.25. The SMILES string of the molecule is CCSN1CC(C(=O)N(Cc2ccc(-c3nnc(C(F)F)o3)cc2F)c2cccc(F)c2)C1. The lowest BCUT2D eigenvalue weighted by Gasteiger charge is -2.39. The van der Waals surface area contributed by atoms with Gasteiger partial charge in [0.05, 0.1) is 12.5 Å². The van der Waals surface area contributed by atoms with Crippen molar-refractivity contribution in [3.63, 3.8) is 0 Å². The lowest BCUT2D eigenvalue weighted by atomic mass is 10.0. The number of benzene rings is 2. The predicted molar refractivity (Wildman–Crippen MR) is 115 cm³/mol. The molecule has 0 unspecified atom stereocenters. The highest BCUT2D eigenvalue weighted by atomic mass is 32.2. The topological polar surface area (TPSA) is 62.5 Å². The van der Waals surface area contributed by atoms with Crippen LogP contribution in [0.4, 0.5) is 23.2 Å². The maximum atomic E-state index is 14.9. The van der Waals surface area contributed by atoms with Crippen LogP contribution in [0.15, 0.2) is 46.9 Å². The Labute approximate surface area is 191 Å². The van der Waals surface area contributed by atoms with Gasteiger partial charge in [-0.2, -0.15) is 8.78 Å². The molecule has 0 atom stereocenters. The van der Waals surface area contributed by atoms with E-state index >= 15 is 0 Å². The Morgan fingerprint density at radius 1 is 1.21 bits per heavy atom. The standard InChI is InChI=1S/C22H20F4N4O2S/c1-2-33-29-10-15(11-29)22(31)30(17-5-3-4-16(23)9-17)12-14-7-6-13(8-18(14)24)20-27-28-21(32-20)19(25)26/h3-9,15,19H,2,10-12H2,1H3. The molecule has 11 heteroatoms. The molecule has 1 fully saturated rings. The number of carbonyl (C=O) groups is 1. The summed E-state index contributed by atoms with van der Waals surface area (Å²) < 4.78 is 61.1. The Balaban J connectivity index is 1.57. The second-order valence-electron chi connectivity index (χ2n) is 7.42. The molecule has 0 aliphatic carbocycles. The fourth-order valence-electron chi connectivity index (χ4n) is 3.46. The van der Waals surface area contributed by atoms with Gasteiger partial charge < -0.3 is 9.32 Å². The molecule has 1 aromatic heterocycles. The quantitative estimate of drug-likeness (QED) is 0.331. The van der Waals surface area contributed by atoms with E-state index < -0.39 is 24.0 Å². The van der Waals surface area contributed by atoms with Gasteiger partial charge in [-0.05, 0) is 30.3 Å². The molecule has 0 saturated carbocycles. The van der Waals surface area contributed by atoms with Gasteiger partial charge in [-0.15, -0.1) is 10.2 Å². The van der Waals surface area contributed by atoms with Crippen LogP contribution in [0.25, 0.3) is 11.5 Å². The number of rotatable bonds is 8.